The van der Waals surface area contributed by atoms with Crippen LogP contribution in [0.15, 0.2) is 59.0 Å². The Labute approximate surface area is 143 Å². The Hall–Kier alpha value is -3.25. The fourth-order valence-electron chi connectivity index (χ4n) is 2.75. The van der Waals surface area contributed by atoms with Crippen LogP contribution < -0.4 is 10.4 Å². The molecule has 124 valence electrons. The Morgan fingerprint density at radius 3 is 2.56 bits per heavy atom. The lowest BCUT2D eigenvalue weighted by molar-refractivity contribution is -0.605. The largest absolute Gasteiger partial charge is 0.544 e. The second-order valence-corrected chi connectivity index (χ2v) is 5.85. The molecule has 0 radical (unpaired) electrons. The number of nitrogens with zero attached hydrogens (tertiary/aromatic N) is 2. The third-order valence-electron chi connectivity index (χ3n) is 4.06. The predicted molar refractivity (Wildman–Crippen MR) is 90.8 cm³/mol. The SMILES string of the molecule is C[C@@H]([NH2+]c1nc(-c2ccccc2)nc2c1oc1ccccc12)C(=O)[O-]. The van der Waals surface area contributed by atoms with E-state index in [-0.39, 0.29) is 0 Å². The number of quaternary nitrogens is 1. The van der Waals surface area contributed by atoms with Gasteiger partial charge in [0.25, 0.3) is 5.82 Å². The normalized spacial score (nSPS) is 12.5. The molecule has 0 fully saturated rings. The predicted octanol–water partition coefficient (Wildman–Crippen LogP) is 1.38. The van der Waals surface area contributed by atoms with Gasteiger partial charge in [-0.15, -0.1) is 0 Å². The number of hydrogen-bond donors (Lipinski definition) is 1. The van der Waals surface area contributed by atoms with Crippen molar-refractivity contribution < 1.29 is 19.6 Å². The van der Waals surface area contributed by atoms with E-state index in [1.54, 1.807) is 6.92 Å². The summed E-state index contributed by atoms with van der Waals surface area (Å²) in [4.78, 5) is 20.3. The van der Waals surface area contributed by atoms with E-state index in [0.717, 1.165) is 10.9 Å². The first-order chi connectivity index (χ1) is 12.1. The molecule has 2 heterocycles. The second kappa shape index (κ2) is 5.99. The average Bonchev–Trinajstić information content (AvgIpc) is 3.01. The molecule has 2 N–H and O–H groups in total. The van der Waals surface area contributed by atoms with E-state index in [9.17, 15) is 9.90 Å². The zero-order chi connectivity index (χ0) is 17.4. The van der Waals surface area contributed by atoms with Crippen molar-refractivity contribution in [2.75, 3.05) is 0 Å². The Morgan fingerprint density at radius 2 is 1.80 bits per heavy atom. The van der Waals surface area contributed by atoms with Crippen molar-refractivity contribution in [3.63, 3.8) is 0 Å². The molecular weight excluding hydrogens is 318 g/mol. The Bertz CT molecular complexity index is 1070. The zero-order valence-corrected chi connectivity index (χ0v) is 13.5. The molecule has 0 aliphatic rings. The van der Waals surface area contributed by atoms with Crippen LogP contribution in [0.4, 0.5) is 5.82 Å². The number of carbonyl (C=O) groups excluding carboxylic acids is 1. The van der Waals surface area contributed by atoms with E-state index in [1.165, 1.54) is 5.32 Å². The molecule has 2 aromatic carbocycles. The molecule has 6 heteroatoms. The molecule has 0 spiro atoms. The van der Waals surface area contributed by atoms with Crippen molar-refractivity contribution in [3.8, 4) is 11.4 Å². The summed E-state index contributed by atoms with van der Waals surface area (Å²) < 4.78 is 5.89. The third-order valence-corrected chi connectivity index (χ3v) is 4.06. The number of carbonyl (C=O) groups is 1. The second-order valence-electron chi connectivity index (χ2n) is 5.85. The number of furan rings is 1. The Balaban J connectivity index is 1.98. The fraction of sp³-hybridized carbons (Fsp3) is 0.105. The van der Waals surface area contributed by atoms with Crippen LogP contribution >= 0.6 is 0 Å². The lowest BCUT2D eigenvalue weighted by Gasteiger charge is -2.11. The number of benzene rings is 2. The maximum atomic E-state index is 11.2. The first-order valence-electron chi connectivity index (χ1n) is 7.94. The molecule has 4 aromatic rings. The fourth-order valence-corrected chi connectivity index (χ4v) is 2.75. The minimum Gasteiger partial charge on any atom is -0.544 e. The van der Waals surface area contributed by atoms with Crippen molar-refractivity contribution >= 4 is 33.9 Å². The van der Waals surface area contributed by atoms with Gasteiger partial charge in [-0.1, -0.05) is 42.5 Å². The summed E-state index contributed by atoms with van der Waals surface area (Å²) in [6, 6.07) is 16.3. The van der Waals surface area contributed by atoms with Crippen molar-refractivity contribution in [2.24, 2.45) is 0 Å². The molecule has 4 rings (SSSR count). The zero-order valence-electron chi connectivity index (χ0n) is 13.5. The number of hydrogen-bond acceptors (Lipinski definition) is 5. The first-order valence-corrected chi connectivity index (χ1v) is 7.94. The Kier molecular flexibility index (Phi) is 3.66. The summed E-state index contributed by atoms with van der Waals surface area (Å²) in [7, 11) is 0. The molecule has 25 heavy (non-hydrogen) atoms. The topological polar surface area (TPSA) is 95.7 Å². The molecule has 2 aromatic heterocycles. The van der Waals surface area contributed by atoms with Crippen LogP contribution in [0, 0.1) is 0 Å². The minimum absolute atomic E-state index is 0.455. The monoisotopic (exact) mass is 333 g/mol. The number of para-hydroxylation sites is 1. The standard InChI is InChI=1S/C19H15N3O3/c1-11(19(23)24)20-18-16-15(13-9-5-6-10-14(13)25-16)21-17(22-18)12-7-3-2-4-8-12/h2-11H,1H3,(H,23,24)(H,20,21,22)/t11-/m1/s1. The van der Waals surface area contributed by atoms with Crippen molar-refractivity contribution in [1.29, 1.82) is 0 Å². The number of nitrogens with two attached hydrogens (primary N) is 1. The maximum absolute atomic E-state index is 11.2. The molecule has 0 aliphatic heterocycles. The van der Waals surface area contributed by atoms with E-state index in [2.05, 4.69) is 9.97 Å². The van der Waals surface area contributed by atoms with E-state index in [1.807, 2.05) is 54.6 Å². The van der Waals surface area contributed by atoms with Gasteiger partial charge in [0.2, 0.25) is 5.58 Å². The summed E-state index contributed by atoms with van der Waals surface area (Å²) >= 11 is 0. The lowest BCUT2D eigenvalue weighted by atomic mass is 10.2. The van der Waals surface area contributed by atoms with E-state index in [4.69, 9.17) is 4.42 Å². The molecule has 0 saturated carbocycles. The average molecular weight is 333 g/mol. The van der Waals surface area contributed by atoms with E-state index in [0.29, 0.717) is 28.3 Å². The van der Waals surface area contributed by atoms with Crippen molar-refractivity contribution in [3.05, 3.63) is 54.6 Å². The number of rotatable bonds is 4. The number of aromatic nitrogens is 2. The van der Waals surface area contributed by atoms with Gasteiger partial charge in [0, 0.05) is 10.9 Å². The smallest absolute Gasteiger partial charge is 0.272 e. The summed E-state index contributed by atoms with van der Waals surface area (Å²) in [5.74, 6) is -0.183. The van der Waals surface area contributed by atoms with Gasteiger partial charge in [0.15, 0.2) is 5.82 Å². The van der Waals surface area contributed by atoms with Gasteiger partial charge in [0.05, 0.1) is 5.97 Å². The van der Waals surface area contributed by atoms with Crippen molar-refractivity contribution in [1.82, 2.24) is 9.97 Å². The van der Waals surface area contributed by atoms with Crippen LogP contribution in [0.2, 0.25) is 0 Å². The number of fused-ring (bicyclic) bond motifs is 3. The molecule has 0 amide bonds. The van der Waals surface area contributed by atoms with Gasteiger partial charge in [-0.3, -0.25) is 5.32 Å². The van der Waals surface area contributed by atoms with Crippen molar-refractivity contribution in [2.45, 2.75) is 13.0 Å². The first kappa shape index (κ1) is 15.3. The van der Waals surface area contributed by atoms with Gasteiger partial charge in [-0.25, -0.2) is 4.98 Å². The number of carboxylic acids is 1. The minimum atomic E-state index is -1.16. The molecule has 0 aliphatic carbocycles. The quantitative estimate of drug-likeness (QED) is 0.608. The highest BCUT2D eigenvalue weighted by atomic mass is 16.4. The van der Waals surface area contributed by atoms with Crippen LogP contribution in [-0.2, 0) is 4.79 Å². The van der Waals surface area contributed by atoms with E-state index >= 15 is 0 Å². The third kappa shape index (κ3) is 2.72. The van der Waals surface area contributed by atoms with Gasteiger partial charge in [-0.2, -0.15) is 4.98 Å². The highest BCUT2D eigenvalue weighted by molar-refractivity contribution is 6.05. The van der Waals surface area contributed by atoms with Crippen LogP contribution in [-0.4, -0.2) is 22.0 Å². The number of aliphatic carboxylic acids is 1. The molecule has 0 saturated heterocycles. The van der Waals surface area contributed by atoms with E-state index < -0.39 is 12.0 Å². The van der Waals surface area contributed by atoms with Crippen LogP contribution in [0.3, 0.4) is 0 Å². The van der Waals surface area contributed by atoms with Gasteiger partial charge in [-0.05, 0) is 19.1 Å². The molecule has 1 atom stereocenters. The molecule has 6 nitrogen and oxygen atoms in total. The lowest BCUT2D eigenvalue weighted by Crippen LogP contribution is -2.87. The van der Waals surface area contributed by atoms with Gasteiger partial charge < -0.3 is 14.3 Å². The highest BCUT2D eigenvalue weighted by Crippen LogP contribution is 2.31. The van der Waals surface area contributed by atoms with Gasteiger partial charge >= 0.3 is 0 Å². The van der Waals surface area contributed by atoms with Gasteiger partial charge in [0.1, 0.15) is 17.1 Å². The van der Waals surface area contributed by atoms with Crippen LogP contribution in [0.1, 0.15) is 6.92 Å². The maximum Gasteiger partial charge on any atom is 0.272 e. The molecular formula is C19H15N3O3. The van der Waals surface area contributed by atoms with Crippen LogP contribution in [0.25, 0.3) is 33.5 Å². The molecule has 0 bridgehead atoms. The Morgan fingerprint density at radius 1 is 1.08 bits per heavy atom. The highest BCUT2D eigenvalue weighted by Gasteiger charge is 2.21. The van der Waals surface area contributed by atoms with Crippen LogP contribution in [0.5, 0.6) is 0 Å². The number of carboxylic acid groups (broad SMARTS) is 1. The molecule has 0 unspecified atom stereocenters. The summed E-state index contributed by atoms with van der Waals surface area (Å²) in [5, 5.41) is 13.6. The summed E-state index contributed by atoms with van der Waals surface area (Å²) in [6.45, 7) is 1.55. The summed E-state index contributed by atoms with van der Waals surface area (Å²) in [5.41, 5.74) is 2.69. The summed E-state index contributed by atoms with van der Waals surface area (Å²) in [6.07, 6.45) is 0.